The number of likely N-dealkylation sites (N-methyl/N-ethyl adjacent to an activating group) is 1. The van der Waals surface area contributed by atoms with Crippen LogP contribution in [0.2, 0.25) is 5.02 Å². The number of urea groups is 1. The van der Waals surface area contributed by atoms with Crippen LogP contribution in [0.3, 0.4) is 0 Å². The monoisotopic (exact) mass is 485 g/mol. The summed E-state index contributed by atoms with van der Waals surface area (Å²) in [5.74, 6) is 0.393. The third-order valence-corrected chi connectivity index (χ3v) is 6.56. The van der Waals surface area contributed by atoms with E-state index in [0.717, 1.165) is 22.4 Å². The highest BCUT2D eigenvalue weighted by atomic mass is 35.5. The summed E-state index contributed by atoms with van der Waals surface area (Å²) in [4.78, 5) is 41.8. The van der Waals surface area contributed by atoms with Gasteiger partial charge in [-0.05, 0) is 41.8 Å². The van der Waals surface area contributed by atoms with E-state index in [4.69, 9.17) is 16.3 Å². The number of piperazine rings is 1. The minimum Gasteiger partial charge on any atom is -0.497 e. The number of hydrogen-bond acceptors (Lipinski definition) is 5. The Morgan fingerprint density at radius 2 is 1.79 bits per heavy atom. The van der Waals surface area contributed by atoms with Crippen LogP contribution >= 0.6 is 11.6 Å². The van der Waals surface area contributed by atoms with Crippen LogP contribution in [0.25, 0.3) is 0 Å². The summed E-state index contributed by atoms with van der Waals surface area (Å²) in [6, 6.07) is 12.8. The lowest BCUT2D eigenvalue weighted by Crippen LogP contribution is -2.73. The molecule has 1 N–H and O–H groups in total. The standard InChI is InChI=1S/C24H28ClN5O4/c1-16-4-5-18(10-20(16)25)12-28-13-21-29(15-22(28)31)23(32)14-27(2)30(21)24(33)26-11-17-6-8-19(34-3)9-7-17/h4-10,21H,11-15H2,1-3H3,(H,26,33). The minimum absolute atomic E-state index is 0.0211. The van der Waals surface area contributed by atoms with Crippen molar-refractivity contribution in [3.63, 3.8) is 0 Å². The van der Waals surface area contributed by atoms with Crippen LogP contribution in [0, 0.1) is 6.92 Å². The number of nitrogens with one attached hydrogen (secondary N) is 1. The fourth-order valence-electron chi connectivity index (χ4n) is 4.20. The van der Waals surface area contributed by atoms with Gasteiger partial charge in [-0.3, -0.25) is 9.59 Å². The van der Waals surface area contributed by atoms with E-state index in [1.807, 2.05) is 49.4 Å². The van der Waals surface area contributed by atoms with Crippen molar-refractivity contribution in [2.45, 2.75) is 26.2 Å². The molecule has 2 heterocycles. The summed E-state index contributed by atoms with van der Waals surface area (Å²) >= 11 is 6.25. The number of hydrogen-bond donors (Lipinski definition) is 1. The van der Waals surface area contributed by atoms with E-state index < -0.39 is 6.17 Å². The fourth-order valence-corrected chi connectivity index (χ4v) is 4.41. The number of amides is 4. The molecule has 4 rings (SSSR count). The largest absolute Gasteiger partial charge is 0.497 e. The van der Waals surface area contributed by atoms with Gasteiger partial charge < -0.3 is 19.9 Å². The zero-order valence-electron chi connectivity index (χ0n) is 19.5. The number of ether oxygens (including phenoxy) is 1. The second-order valence-electron chi connectivity index (χ2n) is 8.53. The van der Waals surface area contributed by atoms with Gasteiger partial charge in [-0.15, -0.1) is 0 Å². The molecule has 1 unspecified atom stereocenters. The summed E-state index contributed by atoms with van der Waals surface area (Å²) in [5, 5.41) is 6.68. The van der Waals surface area contributed by atoms with Crippen molar-refractivity contribution in [2.24, 2.45) is 0 Å². The molecular formula is C24H28ClN5O4. The van der Waals surface area contributed by atoms with Crippen molar-refractivity contribution >= 4 is 29.4 Å². The van der Waals surface area contributed by atoms with Gasteiger partial charge in [0.25, 0.3) is 0 Å². The number of hydrazine groups is 1. The molecule has 0 radical (unpaired) electrons. The molecule has 180 valence electrons. The van der Waals surface area contributed by atoms with Gasteiger partial charge >= 0.3 is 6.03 Å². The van der Waals surface area contributed by atoms with Crippen molar-refractivity contribution in [2.75, 3.05) is 33.8 Å². The van der Waals surface area contributed by atoms with Crippen LogP contribution in [0.15, 0.2) is 42.5 Å². The molecule has 9 nitrogen and oxygen atoms in total. The number of aryl methyl sites for hydroxylation is 1. The second-order valence-corrected chi connectivity index (χ2v) is 8.93. The lowest BCUT2D eigenvalue weighted by Gasteiger charge is -2.51. The molecule has 0 aliphatic carbocycles. The minimum atomic E-state index is -0.597. The molecule has 0 bridgehead atoms. The number of halogens is 1. The van der Waals surface area contributed by atoms with Gasteiger partial charge in [0.15, 0.2) is 0 Å². The molecule has 4 amide bonds. The maximum absolute atomic E-state index is 13.2. The number of methoxy groups -OCH3 is 1. The zero-order chi connectivity index (χ0) is 24.4. The Bertz CT molecular complexity index is 1090. The van der Waals surface area contributed by atoms with Crippen LogP contribution in [0.5, 0.6) is 5.75 Å². The van der Waals surface area contributed by atoms with E-state index in [2.05, 4.69) is 5.32 Å². The molecule has 2 aromatic carbocycles. The summed E-state index contributed by atoms with van der Waals surface area (Å²) in [7, 11) is 3.30. The average molecular weight is 486 g/mol. The summed E-state index contributed by atoms with van der Waals surface area (Å²) in [6.45, 7) is 2.74. The first kappa shape index (κ1) is 23.8. The molecule has 2 saturated heterocycles. The van der Waals surface area contributed by atoms with Gasteiger partial charge in [0.2, 0.25) is 11.8 Å². The molecule has 2 aromatic rings. The Balaban J connectivity index is 1.49. The molecule has 0 aromatic heterocycles. The number of carbonyl (C=O) groups is 3. The Morgan fingerprint density at radius 3 is 2.47 bits per heavy atom. The summed E-state index contributed by atoms with van der Waals surface area (Å²) < 4.78 is 5.17. The van der Waals surface area contributed by atoms with Gasteiger partial charge in [0.05, 0.1) is 20.2 Å². The van der Waals surface area contributed by atoms with Crippen molar-refractivity contribution in [1.82, 2.24) is 25.1 Å². The van der Waals surface area contributed by atoms with E-state index >= 15 is 0 Å². The number of nitrogens with zero attached hydrogens (tertiary/aromatic N) is 4. The van der Waals surface area contributed by atoms with Crippen molar-refractivity contribution < 1.29 is 19.1 Å². The maximum atomic E-state index is 13.2. The molecule has 34 heavy (non-hydrogen) atoms. The summed E-state index contributed by atoms with van der Waals surface area (Å²) in [6.07, 6.45) is -0.597. The zero-order valence-corrected chi connectivity index (χ0v) is 20.2. The number of carbonyl (C=O) groups excluding carboxylic acids is 3. The van der Waals surface area contributed by atoms with Gasteiger partial charge in [-0.25, -0.2) is 14.8 Å². The Morgan fingerprint density at radius 1 is 1.09 bits per heavy atom. The first-order valence-electron chi connectivity index (χ1n) is 11.0. The van der Waals surface area contributed by atoms with Gasteiger partial charge in [0.1, 0.15) is 18.5 Å². The normalized spacial score (nSPS) is 18.7. The third kappa shape index (κ3) is 4.95. The van der Waals surface area contributed by atoms with Crippen LogP contribution < -0.4 is 10.1 Å². The van der Waals surface area contributed by atoms with Crippen LogP contribution in [-0.4, -0.2) is 77.6 Å². The number of fused-ring (bicyclic) bond motifs is 1. The molecule has 2 aliphatic rings. The topological polar surface area (TPSA) is 85.4 Å². The molecule has 0 spiro atoms. The number of rotatable bonds is 5. The first-order chi connectivity index (χ1) is 16.3. The molecule has 2 aliphatic heterocycles. The van der Waals surface area contributed by atoms with E-state index in [1.165, 1.54) is 9.91 Å². The quantitative estimate of drug-likeness (QED) is 0.702. The average Bonchev–Trinajstić information content (AvgIpc) is 2.81. The van der Waals surface area contributed by atoms with E-state index in [-0.39, 0.29) is 37.5 Å². The third-order valence-electron chi connectivity index (χ3n) is 6.16. The summed E-state index contributed by atoms with van der Waals surface area (Å²) in [5.41, 5.74) is 2.77. The molecular weight excluding hydrogens is 458 g/mol. The molecule has 0 saturated carbocycles. The molecule has 1 atom stereocenters. The maximum Gasteiger partial charge on any atom is 0.334 e. The highest BCUT2D eigenvalue weighted by molar-refractivity contribution is 6.31. The number of benzene rings is 2. The van der Waals surface area contributed by atoms with E-state index in [0.29, 0.717) is 18.1 Å². The Labute approximate surface area is 203 Å². The second kappa shape index (κ2) is 9.90. The van der Waals surface area contributed by atoms with Crippen molar-refractivity contribution in [1.29, 1.82) is 0 Å². The Kier molecular flexibility index (Phi) is 6.95. The van der Waals surface area contributed by atoms with Gasteiger partial charge in [0, 0.05) is 25.2 Å². The highest BCUT2D eigenvalue weighted by Gasteiger charge is 2.45. The predicted octanol–water partition coefficient (Wildman–Crippen LogP) is 2.23. The van der Waals surface area contributed by atoms with E-state index in [1.54, 1.807) is 24.1 Å². The molecule has 2 fully saturated rings. The smallest absolute Gasteiger partial charge is 0.334 e. The predicted molar refractivity (Wildman–Crippen MR) is 127 cm³/mol. The van der Waals surface area contributed by atoms with Crippen LogP contribution in [0.1, 0.15) is 16.7 Å². The lowest BCUT2D eigenvalue weighted by molar-refractivity contribution is -0.178. The highest BCUT2D eigenvalue weighted by Crippen LogP contribution is 2.24. The first-order valence-corrected chi connectivity index (χ1v) is 11.4. The van der Waals surface area contributed by atoms with Gasteiger partial charge in [-0.1, -0.05) is 35.9 Å². The fraction of sp³-hybridized carbons (Fsp3) is 0.375. The Hall–Kier alpha value is -3.30. The van der Waals surface area contributed by atoms with Gasteiger partial charge in [-0.2, -0.15) is 0 Å². The van der Waals surface area contributed by atoms with Crippen molar-refractivity contribution in [3.8, 4) is 5.75 Å². The van der Waals surface area contributed by atoms with Crippen LogP contribution in [-0.2, 0) is 22.7 Å². The van der Waals surface area contributed by atoms with Crippen molar-refractivity contribution in [3.05, 3.63) is 64.2 Å². The van der Waals surface area contributed by atoms with E-state index in [9.17, 15) is 14.4 Å². The SMILES string of the molecule is COc1ccc(CNC(=O)N2C3CN(Cc4ccc(C)c(Cl)c4)C(=O)CN3C(=O)CN2C)cc1. The lowest BCUT2D eigenvalue weighted by atomic mass is 10.1. The molecule has 10 heteroatoms. The van der Waals surface area contributed by atoms with Crippen LogP contribution in [0.4, 0.5) is 4.79 Å².